The van der Waals surface area contributed by atoms with Crippen LogP contribution in [-0.4, -0.2) is 33.9 Å². The molecule has 5 heteroatoms. The van der Waals surface area contributed by atoms with Gasteiger partial charge >= 0.3 is 0 Å². The van der Waals surface area contributed by atoms with E-state index in [0.717, 1.165) is 31.2 Å². The number of fused-ring (bicyclic) bond motifs is 2. The topological polar surface area (TPSA) is 45.5 Å². The molecule has 0 amide bonds. The Bertz CT molecular complexity index is 965. The van der Waals surface area contributed by atoms with Crippen molar-refractivity contribution in [1.82, 2.24) is 8.87 Å². The highest BCUT2D eigenvalue weighted by molar-refractivity contribution is 7.97. The molecule has 1 atom stereocenters. The van der Waals surface area contributed by atoms with Crippen molar-refractivity contribution in [2.45, 2.75) is 38.3 Å². The molecule has 4 nitrogen and oxygen atoms in total. The lowest BCUT2D eigenvalue weighted by atomic mass is 9.96. The number of aliphatic hydroxyl groups excluding tert-OH is 1. The van der Waals surface area contributed by atoms with Gasteiger partial charge in [-0.25, -0.2) is 4.31 Å². The molecule has 0 spiro atoms. The lowest BCUT2D eigenvalue weighted by Gasteiger charge is -2.23. The van der Waals surface area contributed by atoms with Crippen molar-refractivity contribution < 1.29 is 9.90 Å². The molecule has 2 aromatic carbocycles. The van der Waals surface area contributed by atoms with Crippen LogP contribution in [-0.2, 0) is 11.3 Å². The van der Waals surface area contributed by atoms with Gasteiger partial charge in [-0.15, -0.1) is 6.58 Å². The summed E-state index contributed by atoms with van der Waals surface area (Å²) in [5.41, 5.74) is 4.89. The SMILES string of the molecule is C=CCN1Sc2ccccc2C1c1c(C)n(CC=O)c2ccccc12.CC.CO. The van der Waals surface area contributed by atoms with E-state index >= 15 is 0 Å². The fourth-order valence-electron chi connectivity index (χ4n) is 3.81. The third-order valence-electron chi connectivity index (χ3n) is 4.84. The van der Waals surface area contributed by atoms with Gasteiger partial charge in [0.25, 0.3) is 0 Å². The molecule has 0 fully saturated rings. The van der Waals surface area contributed by atoms with Gasteiger partial charge in [0.2, 0.25) is 0 Å². The van der Waals surface area contributed by atoms with Crippen molar-refractivity contribution in [2.24, 2.45) is 0 Å². The monoisotopic (exact) mass is 410 g/mol. The second-order valence-electron chi connectivity index (χ2n) is 6.21. The fourth-order valence-corrected chi connectivity index (χ4v) is 4.99. The molecule has 4 rings (SSSR count). The van der Waals surface area contributed by atoms with Crippen LogP contribution < -0.4 is 0 Å². The van der Waals surface area contributed by atoms with E-state index in [1.54, 1.807) is 11.9 Å². The van der Waals surface area contributed by atoms with Crippen molar-refractivity contribution in [1.29, 1.82) is 0 Å². The van der Waals surface area contributed by atoms with E-state index in [4.69, 9.17) is 5.11 Å². The molecule has 1 aliphatic heterocycles. The van der Waals surface area contributed by atoms with Crippen LogP contribution in [0, 0.1) is 6.92 Å². The second-order valence-corrected chi connectivity index (χ2v) is 7.30. The number of aldehydes is 1. The van der Waals surface area contributed by atoms with Gasteiger partial charge in [0.1, 0.15) is 6.29 Å². The van der Waals surface area contributed by atoms with Crippen molar-refractivity contribution in [3.8, 4) is 0 Å². The normalized spacial score (nSPS) is 15.0. The van der Waals surface area contributed by atoms with Crippen LogP contribution in [0.4, 0.5) is 0 Å². The first-order chi connectivity index (χ1) is 14.3. The average molecular weight is 411 g/mol. The maximum absolute atomic E-state index is 11.2. The molecule has 1 unspecified atom stereocenters. The lowest BCUT2D eigenvalue weighted by molar-refractivity contribution is -0.108. The Hall–Kier alpha value is -2.34. The Morgan fingerprint density at radius 1 is 1.07 bits per heavy atom. The fraction of sp³-hybridized carbons (Fsp3) is 0.292. The largest absolute Gasteiger partial charge is 0.400 e. The zero-order valence-corrected chi connectivity index (χ0v) is 18.4. The van der Waals surface area contributed by atoms with Crippen LogP contribution in [0.5, 0.6) is 0 Å². The molecule has 1 N–H and O–H groups in total. The molecule has 0 aliphatic carbocycles. The van der Waals surface area contributed by atoms with E-state index in [1.807, 2.05) is 26.0 Å². The van der Waals surface area contributed by atoms with E-state index in [0.29, 0.717) is 6.54 Å². The number of benzene rings is 2. The molecular formula is C24H30N2O2S. The standard InChI is InChI=1S/C21H20N2OS.C2H6.CH4O/c1-3-12-23-21(17-9-5-7-11-19(17)25-23)20-15(2)22(13-14-24)18-10-6-4-8-16(18)20;2*1-2/h3-11,14,21H,1,12-13H2,2H3;1-2H3;2H,1H3. The number of rotatable bonds is 5. The predicted octanol–water partition coefficient (Wildman–Crippen LogP) is 5.38. The molecule has 1 aromatic heterocycles. The Kier molecular flexibility index (Phi) is 8.70. The molecule has 0 radical (unpaired) electrons. The third-order valence-corrected chi connectivity index (χ3v) is 6.00. The number of nitrogens with zero attached hydrogens (tertiary/aromatic N) is 2. The quantitative estimate of drug-likeness (QED) is 0.348. The van der Waals surface area contributed by atoms with Gasteiger partial charge in [0.15, 0.2) is 0 Å². The van der Waals surface area contributed by atoms with Crippen LogP contribution >= 0.6 is 11.9 Å². The summed E-state index contributed by atoms with van der Waals surface area (Å²) >= 11 is 1.79. The van der Waals surface area contributed by atoms with E-state index in [2.05, 4.69) is 64.8 Å². The molecule has 29 heavy (non-hydrogen) atoms. The summed E-state index contributed by atoms with van der Waals surface area (Å²) in [5, 5.41) is 8.22. The Morgan fingerprint density at radius 3 is 2.41 bits per heavy atom. The van der Waals surface area contributed by atoms with Crippen LogP contribution in [0.2, 0.25) is 0 Å². The number of aliphatic hydroxyl groups is 1. The number of aromatic nitrogens is 1. The maximum Gasteiger partial charge on any atom is 0.139 e. The number of hydrogen-bond donors (Lipinski definition) is 1. The smallest absolute Gasteiger partial charge is 0.139 e. The molecule has 0 saturated carbocycles. The van der Waals surface area contributed by atoms with E-state index in [1.165, 1.54) is 21.4 Å². The third kappa shape index (κ3) is 4.32. The number of para-hydroxylation sites is 1. The summed E-state index contributed by atoms with van der Waals surface area (Å²) in [6.45, 7) is 11.2. The van der Waals surface area contributed by atoms with Crippen molar-refractivity contribution in [2.75, 3.05) is 13.7 Å². The second kappa shape index (κ2) is 11.0. The minimum atomic E-state index is 0.164. The van der Waals surface area contributed by atoms with E-state index < -0.39 is 0 Å². The van der Waals surface area contributed by atoms with Gasteiger partial charge in [-0.2, -0.15) is 0 Å². The highest BCUT2D eigenvalue weighted by Gasteiger charge is 2.35. The first-order valence-corrected chi connectivity index (χ1v) is 10.6. The summed E-state index contributed by atoms with van der Waals surface area (Å²) in [5.74, 6) is 0. The molecule has 0 bridgehead atoms. The lowest BCUT2D eigenvalue weighted by Crippen LogP contribution is -2.19. The van der Waals surface area contributed by atoms with Gasteiger partial charge in [-0.05, 0) is 36.6 Å². The molecule has 1 aliphatic rings. The van der Waals surface area contributed by atoms with Crippen molar-refractivity contribution in [3.63, 3.8) is 0 Å². The summed E-state index contributed by atoms with van der Waals surface area (Å²) < 4.78 is 4.49. The van der Waals surface area contributed by atoms with Gasteiger partial charge in [-0.3, -0.25) is 0 Å². The van der Waals surface area contributed by atoms with Crippen molar-refractivity contribution >= 4 is 29.1 Å². The summed E-state index contributed by atoms with van der Waals surface area (Å²) in [4.78, 5) is 12.5. The van der Waals surface area contributed by atoms with Crippen LogP contribution in [0.3, 0.4) is 0 Å². The van der Waals surface area contributed by atoms with E-state index in [-0.39, 0.29) is 6.04 Å². The van der Waals surface area contributed by atoms with Gasteiger partial charge in [0.05, 0.1) is 12.6 Å². The molecule has 0 saturated heterocycles. The zero-order chi connectivity index (χ0) is 21.4. The molecule has 154 valence electrons. The number of carbonyl (C=O) groups excluding carboxylic acids is 1. The average Bonchev–Trinajstić information content (AvgIpc) is 3.26. The van der Waals surface area contributed by atoms with Crippen molar-refractivity contribution in [3.05, 3.63) is 78.0 Å². The number of carbonyl (C=O) groups is 1. The Labute approximate surface area is 178 Å². The summed E-state index contributed by atoms with van der Waals surface area (Å²) in [6.07, 6.45) is 2.92. The minimum Gasteiger partial charge on any atom is -0.400 e. The molecule has 2 heterocycles. The molecule has 3 aromatic rings. The predicted molar refractivity (Wildman–Crippen MR) is 123 cm³/mol. The van der Waals surface area contributed by atoms with Crippen LogP contribution in [0.1, 0.15) is 36.7 Å². The Morgan fingerprint density at radius 2 is 1.72 bits per heavy atom. The number of hydrogen-bond acceptors (Lipinski definition) is 4. The summed E-state index contributed by atoms with van der Waals surface area (Å²) in [7, 11) is 1.00. The van der Waals surface area contributed by atoms with Crippen LogP contribution in [0.25, 0.3) is 10.9 Å². The van der Waals surface area contributed by atoms with Crippen LogP contribution in [0.15, 0.2) is 66.1 Å². The van der Waals surface area contributed by atoms with Gasteiger partial charge in [0, 0.05) is 40.7 Å². The summed E-state index contributed by atoms with van der Waals surface area (Å²) in [6, 6.07) is 17.1. The highest BCUT2D eigenvalue weighted by Crippen LogP contribution is 2.49. The van der Waals surface area contributed by atoms with E-state index in [9.17, 15) is 4.79 Å². The first kappa shape index (κ1) is 22.9. The van der Waals surface area contributed by atoms with Gasteiger partial charge in [-0.1, -0.05) is 56.3 Å². The zero-order valence-electron chi connectivity index (χ0n) is 17.6. The Balaban J connectivity index is 0.000000707. The highest BCUT2D eigenvalue weighted by atomic mass is 32.2. The molecular weight excluding hydrogens is 380 g/mol. The first-order valence-electron chi connectivity index (χ1n) is 9.86. The maximum atomic E-state index is 11.2. The minimum absolute atomic E-state index is 0.164. The van der Waals surface area contributed by atoms with Gasteiger partial charge < -0.3 is 14.5 Å².